The van der Waals surface area contributed by atoms with Crippen molar-refractivity contribution in [3.63, 3.8) is 0 Å². The average Bonchev–Trinajstić information content (AvgIpc) is 3.02. The molecule has 10 nitrogen and oxygen atoms in total. The molecule has 2 atom stereocenters. The Bertz CT molecular complexity index is 1190. The van der Waals surface area contributed by atoms with E-state index < -0.39 is 28.3 Å². The van der Waals surface area contributed by atoms with E-state index in [1.165, 1.54) is 14.0 Å². The molecule has 2 aromatic carbocycles. The van der Waals surface area contributed by atoms with Crippen LogP contribution in [0.2, 0.25) is 0 Å². The highest BCUT2D eigenvalue weighted by molar-refractivity contribution is 7.54. The van der Waals surface area contributed by atoms with Gasteiger partial charge in [0.1, 0.15) is 0 Å². The fourth-order valence-corrected chi connectivity index (χ4v) is 9.57. The second kappa shape index (κ2) is 18.8. The molecule has 2 aliphatic rings. The molecule has 0 radical (unpaired) electrons. The molecule has 2 aliphatic heterocycles. The first-order valence-corrected chi connectivity index (χ1v) is 18.0. The van der Waals surface area contributed by atoms with Crippen molar-refractivity contribution in [1.29, 1.82) is 0 Å². The van der Waals surface area contributed by atoms with Crippen LogP contribution in [0.1, 0.15) is 29.5 Å². The Labute approximate surface area is 265 Å². The Morgan fingerprint density at radius 1 is 0.714 bits per heavy atom. The maximum absolute atomic E-state index is 13.5. The Kier molecular flexibility index (Phi) is 13.4. The van der Waals surface area contributed by atoms with Gasteiger partial charge in [-0.15, -0.1) is 23.2 Å². The van der Waals surface area contributed by atoms with Crippen LogP contribution in [0.5, 0.6) is 0 Å². The Morgan fingerprint density at radius 2 is 1.10 bits per heavy atom. The molecular weight excluding hydrogens is 621 g/mol. The van der Waals surface area contributed by atoms with Crippen molar-refractivity contribution >= 4 is 38.5 Å². The van der Waals surface area contributed by atoms with Crippen LogP contribution in [0.25, 0.3) is 0 Å². The summed E-state index contributed by atoms with van der Waals surface area (Å²) in [5.74, 6) is 0.541. The minimum Gasteiger partial charge on any atom is -0.395 e. The number of nitrogens with zero attached hydrogens (tertiary/aromatic N) is 4. The van der Waals surface area contributed by atoms with Gasteiger partial charge in [-0.1, -0.05) is 60.7 Å². The quantitative estimate of drug-likeness (QED) is 0.209. The van der Waals surface area contributed by atoms with Crippen LogP contribution in [0.4, 0.5) is 0 Å². The zero-order chi connectivity index (χ0) is 33.8. The molecule has 14 heteroatoms. The Morgan fingerprint density at radius 3 is 1.45 bits per heavy atom. The summed E-state index contributed by atoms with van der Waals surface area (Å²) < 4.78 is 76.6. The van der Waals surface area contributed by atoms with Crippen LogP contribution in [-0.4, -0.2) is 106 Å². The van der Waals surface area contributed by atoms with Crippen LogP contribution in [0, 0.1) is 0 Å². The highest BCUT2D eigenvalue weighted by Gasteiger charge is 2.41. The number of hydrogen-bond acceptors (Lipinski definition) is 6. The van der Waals surface area contributed by atoms with Gasteiger partial charge in [0.15, 0.2) is 0 Å². The number of aliphatic hydroxyl groups excluding tert-OH is 2. The third kappa shape index (κ3) is 10.1. The SMILES string of the molecule is [2H]C1([2H])CCOP(=O)(N(CCCl)CCCl)N1Cc1ccccc1.[2H]C1([2H])CCOP(=O)(N(CCO)CCO)N1Cc1ccccc1. The number of hydrogen-bond donors (Lipinski definition) is 2. The molecule has 2 saturated heterocycles. The number of benzene rings is 2. The van der Waals surface area contributed by atoms with E-state index in [1.807, 2.05) is 60.7 Å². The van der Waals surface area contributed by atoms with Crippen molar-refractivity contribution in [2.45, 2.75) is 25.9 Å². The summed E-state index contributed by atoms with van der Waals surface area (Å²) in [6.45, 7) is -2.83. The van der Waals surface area contributed by atoms with Gasteiger partial charge in [-0.3, -0.25) is 9.13 Å². The standard InChI is InChI=1S/C14H21Cl2N2O2P.C14H23N2O4P/c15-7-10-17(11-8-16)21(19)18(9-4-12-20-21)13-14-5-2-1-3-6-14;17-10-8-15(9-11-18)21(19)16(7-4-12-20-21)13-14-5-2-1-3-6-14/h1-3,5-6H,4,7-13H2;1-3,5-6,17-18H,4,7-13H2/i9D2;7D2. The number of rotatable bonds is 14. The van der Waals surface area contributed by atoms with Crippen LogP contribution < -0.4 is 0 Å². The lowest BCUT2D eigenvalue weighted by molar-refractivity contribution is 0.138. The van der Waals surface area contributed by atoms with Crippen molar-refractivity contribution in [2.75, 3.05) is 77.4 Å². The predicted molar refractivity (Wildman–Crippen MR) is 169 cm³/mol. The van der Waals surface area contributed by atoms with Crippen molar-refractivity contribution in [3.05, 3.63) is 71.8 Å². The first kappa shape index (κ1) is 29.8. The van der Waals surface area contributed by atoms with E-state index in [0.29, 0.717) is 13.1 Å². The third-order valence-corrected chi connectivity index (χ3v) is 11.8. The summed E-state index contributed by atoms with van der Waals surface area (Å²) in [5.41, 5.74) is 1.69. The van der Waals surface area contributed by atoms with E-state index in [1.54, 1.807) is 4.67 Å². The van der Waals surface area contributed by atoms with Crippen molar-refractivity contribution < 1.29 is 33.9 Å². The van der Waals surface area contributed by atoms with Gasteiger partial charge in [0.25, 0.3) is 0 Å². The molecule has 0 spiro atoms. The van der Waals surface area contributed by atoms with E-state index >= 15 is 0 Å². The predicted octanol–water partition coefficient (Wildman–Crippen LogP) is 5.10. The van der Waals surface area contributed by atoms with Crippen LogP contribution in [0.3, 0.4) is 0 Å². The van der Waals surface area contributed by atoms with Crippen molar-refractivity contribution in [1.82, 2.24) is 18.7 Å². The van der Waals surface area contributed by atoms with E-state index in [0.717, 1.165) is 11.1 Å². The highest BCUT2D eigenvalue weighted by Crippen LogP contribution is 2.57. The lowest BCUT2D eigenvalue weighted by atomic mass is 10.2. The second-order valence-electron chi connectivity index (χ2n) is 9.28. The molecule has 0 aromatic heterocycles. The molecule has 0 aliphatic carbocycles. The topological polar surface area (TPSA) is 106 Å². The molecule has 2 unspecified atom stereocenters. The van der Waals surface area contributed by atoms with Crippen LogP contribution >= 0.6 is 38.5 Å². The minimum absolute atomic E-state index is 0.0307. The van der Waals surface area contributed by atoms with Gasteiger partial charge in [0.2, 0.25) is 0 Å². The summed E-state index contributed by atoms with van der Waals surface area (Å²) in [6.07, 6.45) is 0.273. The maximum Gasteiger partial charge on any atom is 0.346 e. The highest BCUT2D eigenvalue weighted by atomic mass is 35.5. The smallest absolute Gasteiger partial charge is 0.346 e. The van der Waals surface area contributed by atoms with Crippen molar-refractivity contribution in [2.24, 2.45) is 0 Å². The lowest BCUT2D eigenvalue weighted by Gasteiger charge is -2.40. The lowest BCUT2D eigenvalue weighted by Crippen LogP contribution is -2.39. The average molecular weight is 670 g/mol. The maximum atomic E-state index is 13.5. The summed E-state index contributed by atoms with van der Waals surface area (Å²) >= 11 is 11.6. The third-order valence-electron chi connectivity index (χ3n) is 6.39. The number of alkyl halides is 2. The van der Waals surface area contributed by atoms with Gasteiger partial charge < -0.3 is 19.3 Å². The van der Waals surface area contributed by atoms with E-state index in [9.17, 15) is 19.3 Å². The first-order valence-electron chi connectivity index (χ1n) is 15.9. The monoisotopic (exact) mass is 668 g/mol. The number of aliphatic hydroxyl groups is 2. The second-order valence-corrected chi connectivity index (χ2v) is 14.6. The van der Waals surface area contributed by atoms with Gasteiger partial charge >= 0.3 is 15.3 Å². The summed E-state index contributed by atoms with van der Waals surface area (Å²) in [7, 11) is -7.21. The molecule has 42 heavy (non-hydrogen) atoms. The molecular formula is C28H44Cl2N4O6P2. The Hall–Kier alpha value is -0.840. The number of halogens is 2. The molecule has 2 heterocycles. The van der Waals surface area contributed by atoms with Gasteiger partial charge in [0.05, 0.1) is 26.4 Å². The molecule has 2 N–H and O–H groups in total. The van der Waals surface area contributed by atoms with E-state index in [-0.39, 0.29) is 77.2 Å². The largest absolute Gasteiger partial charge is 0.395 e. The molecule has 0 saturated carbocycles. The fraction of sp³-hybridized carbons (Fsp3) is 0.571. The van der Waals surface area contributed by atoms with Crippen LogP contribution in [-0.2, 0) is 31.3 Å². The van der Waals surface area contributed by atoms with Gasteiger partial charge in [0, 0.05) is 69.5 Å². The van der Waals surface area contributed by atoms with Crippen molar-refractivity contribution in [3.8, 4) is 0 Å². The summed E-state index contributed by atoms with van der Waals surface area (Å²) in [4.78, 5) is 0. The molecule has 0 bridgehead atoms. The molecule has 0 amide bonds. The van der Waals surface area contributed by atoms with Gasteiger partial charge in [-0.2, -0.15) is 0 Å². The minimum atomic E-state index is -3.68. The van der Waals surface area contributed by atoms with Gasteiger partial charge in [-0.05, 0) is 24.0 Å². The van der Waals surface area contributed by atoms with E-state index in [4.69, 9.17) is 37.7 Å². The molecule has 2 fully saturated rings. The van der Waals surface area contributed by atoms with Crippen LogP contribution in [0.15, 0.2) is 60.7 Å². The van der Waals surface area contributed by atoms with E-state index in [2.05, 4.69) is 0 Å². The zero-order valence-corrected chi connectivity index (χ0v) is 26.9. The first-order chi connectivity index (χ1) is 21.9. The fourth-order valence-electron chi connectivity index (χ4n) is 4.42. The summed E-state index contributed by atoms with van der Waals surface area (Å²) in [6, 6.07) is 18.6. The molecule has 4 rings (SSSR count). The Balaban J connectivity index is 0.000000250. The molecule has 2 aromatic rings. The summed E-state index contributed by atoms with van der Waals surface area (Å²) in [5, 5.41) is 18.4. The zero-order valence-electron chi connectivity index (χ0n) is 27.6. The normalized spacial score (nSPS) is 27.4. The molecule has 236 valence electrons. The van der Waals surface area contributed by atoms with Gasteiger partial charge in [-0.25, -0.2) is 18.7 Å².